The summed E-state index contributed by atoms with van der Waals surface area (Å²) in [6.07, 6.45) is 4.58. The fourth-order valence-corrected chi connectivity index (χ4v) is 6.71. The summed E-state index contributed by atoms with van der Waals surface area (Å²) in [6, 6.07) is 5.91. The van der Waals surface area contributed by atoms with Crippen molar-refractivity contribution >= 4 is 11.8 Å². The Hall–Kier alpha value is -2.28. The van der Waals surface area contributed by atoms with Crippen molar-refractivity contribution < 1.29 is 23.8 Å². The topological polar surface area (TPSA) is 99.9 Å². The smallest absolute Gasteiger partial charge is 0.255 e. The molecule has 7 nitrogen and oxygen atoms in total. The van der Waals surface area contributed by atoms with Gasteiger partial charge in [0.05, 0.1) is 13.2 Å². The summed E-state index contributed by atoms with van der Waals surface area (Å²) in [5, 5.41) is 3.44. The van der Waals surface area contributed by atoms with Gasteiger partial charge in [-0.2, -0.15) is 0 Å². The van der Waals surface area contributed by atoms with Crippen LogP contribution < -0.4 is 20.5 Å². The third-order valence-corrected chi connectivity index (χ3v) is 8.17. The Labute approximate surface area is 190 Å². The summed E-state index contributed by atoms with van der Waals surface area (Å²) in [6.45, 7) is 7.15. The SMILES string of the molecule is CCCC(=O)N[C@H]1C(C)(C)[C@@H]2C[C@@H]3[C@@H](c4ccc(OCC(N)=O)c(OC)c4)OCC[C@@]31C2. The molecule has 2 bridgehead atoms. The highest BCUT2D eigenvalue weighted by atomic mass is 16.5. The van der Waals surface area contributed by atoms with E-state index in [1.165, 1.54) is 0 Å². The molecule has 0 aromatic heterocycles. The highest BCUT2D eigenvalue weighted by Crippen LogP contribution is 2.70. The van der Waals surface area contributed by atoms with Crippen LogP contribution in [0.15, 0.2) is 18.2 Å². The second kappa shape index (κ2) is 8.58. The van der Waals surface area contributed by atoms with E-state index in [0.717, 1.165) is 31.2 Å². The van der Waals surface area contributed by atoms with Crippen molar-refractivity contribution in [2.45, 2.75) is 65.0 Å². The fraction of sp³-hybridized carbons (Fsp3) is 0.680. The van der Waals surface area contributed by atoms with Gasteiger partial charge in [0, 0.05) is 19.1 Å². The first-order chi connectivity index (χ1) is 15.2. The number of hydrogen-bond acceptors (Lipinski definition) is 5. The van der Waals surface area contributed by atoms with Crippen LogP contribution in [-0.2, 0) is 14.3 Å². The second-order valence-corrected chi connectivity index (χ2v) is 10.3. The summed E-state index contributed by atoms with van der Waals surface area (Å²) in [5.74, 6) is 1.57. The quantitative estimate of drug-likeness (QED) is 0.640. The number of carbonyl (C=O) groups is 2. The lowest BCUT2D eigenvalue weighted by Crippen LogP contribution is -2.58. The fourth-order valence-electron chi connectivity index (χ4n) is 6.71. The Morgan fingerprint density at radius 1 is 1.28 bits per heavy atom. The molecule has 32 heavy (non-hydrogen) atoms. The van der Waals surface area contributed by atoms with E-state index in [1.807, 2.05) is 25.1 Å². The van der Waals surface area contributed by atoms with Crippen LogP contribution in [-0.4, -0.2) is 38.2 Å². The first-order valence-electron chi connectivity index (χ1n) is 11.7. The van der Waals surface area contributed by atoms with Gasteiger partial charge in [-0.3, -0.25) is 9.59 Å². The number of carbonyl (C=O) groups excluding carboxylic acids is 2. The van der Waals surface area contributed by atoms with E-state index < -0.39 is 5.91 Å². The average Bonchev–Trinajstić information content (AvgIpc) is 3.24. The van der Waals surface area contributed by atoms with E-state index in [4.69, 9.17) is 19.9 Å². The van der Waals surface area contributed by atoms with Gasteiger partial charge in [-0.1, -0.05) is 26.8 Å². The van der Waals surface area contributed by atoms with Gasteiger partial charge >= 0.3 is 0 Å². The van der Waals surface area contributed by atoms with Crippen molar-refractivity contribution in [3.63, 3.8) is 0 Å². The minimum Gasteiger partial charge on any atom is -0.493 e. The second-order valence-electron chi connectivity index (χ2n) is 10.3. The zero-order valence-electron chi connectivity index (χ0n) is 19.6. The van der Waals surface area contributed by atoms with Gasteiger partial charge in [-0.05, 0) is 66.0 Å². The van der Waals surface area contributed by atoms with Crippen molar-refractivity contribution in [1.82, 2.24) is 5.32 Å². The largest absolute Gasteiger partial charge is 0.493 e. The average molecular weight is 445 g/mol. The van der Waals surface area contributed by atoms with Gasteiger partial charge in [0.25, 0.3) is 5.91 Å². The number of primary amides is 1. The number of ether oxygens (including phenoxy) is 3. The van der Waals surface area contributed by atoms with Crippen LogP contribution in [0.1, 0.15) is 64.5 Å². The summed E-state index contributed by atoms with van der Waals surface area (Å²) in [5.41, 5.74) is 6.37. The minimum absolute atomic E-state index is 0.0505. The number of rotatable bonds is 8. The number of amides is 2. The molecule has 3 N–H and O–H groups in total. The van der Waals surface area contributed by atoms with Crippen LogP contribution in [0.25, 0.3) is 0 Å². The van der Waals surface area contributed by atoms with Crippen LogP contribution >= 0.6 is 0 Å². The molecule has 3 aliphatic rings. The first-order valence-corrected chi connectivity index (χ1v) is 11.7. The molecule has 1 aromatic rings. The number of hydrogen-bond donors (Lipinski definition) is 2. The zero-order chi connectivity index (χ0) is 23.1. The van der Waals surface area contributed by atoms with E-state index in [1.54, 1.807) is 7.11 Å². The number of benzene rings is 1. The number of fused-ring (bicyclic) bond motifs is 1. The molecule has 1 aliphatic heterocycles. The van der Waals surface area contributed by atoms with E-state index in [0.29, 0.717) is 36.4 Å². The molecule has 2 amide bonds. The molecule has 1 aromatic carbocycles. The van der Waals surface area contributed by atoms with Crippen molar-refractivity contribution in [2.24, 2.45) is 28.4 Å². The summed E-state index contributed by atoms with van der Waals surface area (Å²) in [4.78, 5) is 23.7. The van der Waals surface area contributed by atoms with Crippen LogP contribution in [0.2, 0.25) is 0 Å². The Morgan fingerprint density at radius 2 is 2.06 bits per heavy atom. The van der Waals surface area contributed by atoms with Crippen LogP contribution in [0.5, 0.6) is 11.5 Å². The highest BCUT2D eigenvalue weighted by molar-refractivity contribution is 5.76. The van der Waals surface area contributed by atoms with Crippen LogP contribution in [0.4, 0.5) is 0 Å². The van der Waals surface area contributed by atoms with Crippen molar-refractivity contribution in [3.05, 3.63) is 23.8 Å². The lowest BCUT2D eigenvalue weighted by Gasteiger charge is -2.53. The van der Waals surface area contributed by atoms with E-state index in [-0.39, 0.29) is 35.5 Å². The Kier molecular flexibility index (Phi) is 6.14. The molecule has 176 valence electrons. The lowest BCUT2D eigenvalue weighted by atomic mass is 9.59. The van der Waals surface area contributed by atoms with Crippen molar-refractivity contribution in [3.8, 4) is 11.5 Å². The molecular formula is C25H36N2O5. The molecule has 4 rings (SSSR count). The molecule has 3 fully saturated rings. The molecule has 1 saturated heterocycles. The maximum absolute atomic E-state index is 12.6. The van der Waals surface area contributed by atoms with Gasteiger partial charge in [0.2, 0.25) is 5.91 Å². The highest BCUT2D eigenvalue weighted by Gasteiger charge is 2.68. The van der Waals surface area contributed by atoms with Gasteiger partial charge in [-0.15, -0.1) is 0 Å². The van der Waals surface area contributed by atoms with Gasteiger partial charge in [-0.25, -0.2) is 0 Å². The van der Waals surface area contributed by atoms with Crippen LogP contribution in [0.3, 0.4) is 0 Å². The molecule has 0 radical (unpaired) electrons. The maximum Gasteiger partial charge on any atom is 0.255 e. The van der Waals surface area contributed by atoms with Gasteiger partial charge in [0.15, 0.2) is 18.1 Å². The molecule has 2 saturated carbocycles. The predicted octanol–water partition coefficient (Wildman–Crippen LogP) is 3.36. The zero-order valence-corrected chi connectivity index (χ0v) is 19.6. The molecule has 5 atom stereocenters. The number of methoxy groups -OCH3 is 1. The van der Waals surface area contributed by atoms with Crippen LogP contribution in [0, 0.1) is 22.7 Å². The molecule has 2 aliphatic carbocycles. The molecule has 1 heterocycles. The summed E-state index contributed by atoms with van der Waals surface area (Å²) >= 11 is 0. The Balaban J connectivity index is 1.62. The van der Waals surface area contributed by atoms with Crippen molar-refractivity contribution in [2.75, 3.05) is 20.3 Å². The Morgan fingerprint density at radius 3 is 2.75 bits per heavy atom. The third kappa shape index (κ3) is 3.74. The molecule has 0 unspecified atom stereocenters. The predicted molar refractivity (Wildman–Crippen MR) is 120 cm³/mol. The van der Waals surface area contributed by atoms with Gasteiger partial charge in [0.1, 0.15) is 0 Å². The van der Waals surface area contributed by atoms with E-state index in [2.05, 4.69) is 19.2 Å². The number of nitrogens with one attached hydrogen (secondary N) is 1. The Bertz CT molecular complexity index is 885. The summed E-state index contributed by atoms with van der Waals surface area (Å²) < 4.78 is 17.4. The minimum atomic E-state index is -0.533. The molecular weight excluding hydrogens is 408 g/mol. The standard InChI is InChI=1S/C25H36N2O5/c1-5-6-21(29)27-23-24(2,3)16-12-17-22(31-10-9-25(17,23)13-16)15-7-8-18(19(11-15)30-4)32-14-20(26)28/h7-8,11,16-17,22-23H,5-6,9-10,12-14H2,1-4H3,(H2,26,28)(H,27,29)/t16-,17-,22-,23+,25-/m1/s1. The third-order valence-electron chi connectivity index (χ3n) is 8.17. The molecule has 7 heteroatoms. The molecule has 1 spiro atoms. The van der Waals surface area contributed by atoms with E-state index in [9.17, 15) is 9.59 Å². The normalized spacial score (nSPS) is 32.2. The van der Waals surface area contributed by atoms with Crippen molar-refractivity contribution in [1.29, 1.82) is 0 Å². The van der Waals surface area contributed by atoms with E-state index >= 15 is 0 Å². The summed E-state index contributed by atoms with van der Waals surface area (Å²) in [7, 11) is 1.58. The maximum atomic E-state index is 12.6. The number of nitrogens with two attached hydrogens (primary N) is 1. The first kappa shape index (κ1) is 22.9. The monoisotopic (exact) mass is 444 g/mol. The lowest BCUT2D eigenvalue weighted by molar-refractivity contribution is -0.137. The van der Waals surface area contributed by atoms with Gasteiger partial charge < -0.3 is 25.3 Å².